The van der Waals surface area contributed by atoms with Crippen molar-refractivity contribution >= 4 is 28.4 Å². The van der Waals surface area contributed by atoms with Crippen LogP contribution in [0.25, 0.3) is 0 Å². The average molecular weight is 336 g/mol. The Balaban J connectivity index is 1.94. The van der Waals surface area contributed by atoms with Crippen molar-refractivity contribution in [2.45, 2.75) is 13.5 Å². The van der Waals surface area contributed by atoms with Crippen LogP contribution in [0.15, 0.2) is 34.8 Å². The van der Waals surface area contributed by atoms with Gasteiger partial charge in [0.15, 0.2) is 23.2 Å². The molecular weight excluding hydrogens is 320 g/mol. The molecule has 0 aliphatic carbocycles. The van der Waals surface area contributed by atoms with E-state index in [2.05, 4.69) is 16.9 Å². The van der Waals surface area contributed by atoms with Gasteiger partial charge in [0.2, 0.25) is 0 Å². The van der Waals surface area contributed by atoms with E-state index in [4.69, 9.17) is 13.9 Å². The van der Waals surface area contributed by atoms with Crippen molar-refractivity contribution in [1.82, 2.24) is 4.98 Å². The monoisotopic (exact) mass is 336 g/mol. The first-order valence-corrected chi connectivity index (χ1v) is 7.74. The van der Waals surface area contributed by atoms with Gasteiger partial charge in [0.25, 0.3) is 0 Å². The van der Waals surface area contributed by atoms with Crippen molar-refractivity contribution in [2.75, 3.05) is 18.5 Å². The Labute approximate surface area is 136 Å². The van der Waals surface area contributed by atoms with E-state index < -0.39 is 11.9 Å². The van der Waals surface area contributed by atoms with E-state index in [1.54, 1.807) is 18.4 Å². The minimum absolute atomic E-state index is 0.174. The Morgan fingerprint density at radius 1 is 1.43 bits per heavy atom. The van der Waals surface area contributed by atoms with E-state index in [0.29, 0.717) is 11.7 Å². The number of carbonyl (C=O) groups is 2. The van der Waals surface area contributed by atoms with Crippen molar-refractivity contribution in [3.8, 4) is 0 Å². The first-order chi connectivity index (χ1) is 11.2. The van der Waals surface area contributed by atoms with Gasteiger partial charge in [-0.1, -0.05) is 6.08 Å². The maximum absolute atomic E-state index is 12.0. The molecule has 2 rings (SSSR count). The van der Waals surface area contributed by atoms with Crippen molar-refractivity contribution in [3.63, 3.8) is 0 Å². The van der Waals surface area contributed by atoms with Gasteiger partial charge in [-0.25, -0.2) is 14.6 Å². The zero-order valence-electron chi connectivity index (χ0n) is 12.5. The van der Waals surface area contributed by atoms with Crippen LogP contribution in [0.3, 0.4) is 0 Å². The number of carbonyl (C=O) groups excluding carboxylic acids is 2. The van der Waals surface area contributed by atoms with Crippen molar-refractivity contribution in [2.24, 2.45) is 0 Å². The number of hydrogen-bond acceptors (Lipinski definition) is 8. The second-order valence-electron chi connectivity index (χ2n) is 4.26. The number of nitrogens with zero attached hydrogens (tertiary/aromatic N) is 1. The lowest BCUT2D eigenvalue weighted by Crippen LogP contribution is -2.10. The standard InChI is InChI=1S/C15H16N2O5S/c1-3-6-16-15-17-11(9-23-15)14(19)22-8-12-10(5-7-21-12)13(18)20-4-2/h3,5,7,9H,1,4,6,8H2,2H3,(H,16,17). The van der Waals surface area contributed by atoms with E-state index in [1.807, 2.05) is 0 Å². The summed E-state index contributed by atoms with van der Waals surface area (Å²) in [4.78, 5) is 27.7. The lowest BCUT2D eigenvalue weighted by molar-refractivity contribution is 0.0418. The highest BCUT2D eigenvalue weighted by Crippen LogP contribution is 2.18. The van der Waals surface area contributed by atoms with Gasteiger partial charge in [-0.2, -0.15) is 0 Å². The summed E-state index contributed by atoms with van der Waals surface area (Å²) in [6.07, 6.45) is 3.03. The second-order valence-corrected chi connectivity index (χ2v) is 5.12. The number of thiazole rings is 1. The molecule has 0 fully saturated rings. The fourth-order valence-electron chi connectivity index (χ4n) is 1.66. The van der Waals surface area contributed by atoms with Gasteiger partial charge in [-0.3, -0.25) is 0 Å². The van der Waals surface area contributed by atoms with Crippen molar-refractivity contribution < 1.29 is 23.5 Å². The minimum atomic E-state index is -0.598. The van der Waals surface area contributed by atoms with Gasteiger partial charge in [0.1, 0.15) is 5.56 Å². The lowest BCUT2D eigenvalue weighted by Gasteiger charge is -2.03. The van der Waals surface area contributed by atoms with E-state index >= 15 is 0 Å². The molecule has 23 heavy (non-hydrogen) atoms. The van der Waals surface area contributed by atoms with Gasteiger partial charge in [-0.05, 0) is 13.0 Å². The molecule has 8 heteroatoms. The van der Waals surface area contributed by atoms with Crippen LogP contribution in [0.4, 0.5) is 5.13 Å². The smallest absolute Gasteiger partial charge is 0.358 e. The van der Waals surface area contributed by atoms with E-state index in [1.165, 1.54) is 23.7 Å². The molecule has 0 saturated heterocycles. The van der Waals surface area contributed by atoms with Crippen LogP contribution in [-0.2, 0) is 16.1 Å². The quantitative estimate of drug-likeness (QED) is 0.585. The van der Waals surface area contributed by atoms with Crippen LogP contribution in [0.5, 0.6) is 0 Å². The predicted molar refractivity (Wildman–Crippen MR) is 84.6 cm³/mol. The molecule has 7 nitrogen and oxygen atoms in total. The third kappa shape index (κ3) is 4.43. The number of rotatable bonds is 8. The van der Waals surface area contributed by atoms with Gasteiger partial charge in [-0.15, -0.1) is 17.9 Å². The van der Waals surface area contributed by atoms with E-state index in [0.717, 1.165) is 0 Å². The summed E-state index contributed by atoms with van der Waals surface area (Å²) in [5, 5.41) is 5.16. The fraction of sp³-hybridized carbons (Fsp3) is 0.267. The molecule has 0 amide bonds. The van der Waals surface area contributed by atoms with Crippen LogP contribution in [0.2, 0.25) is 0 Å². The van der Waals surface area contributed by atoms with Crippen LogP contribution >= 0.6 is 11.3 Å². The third-order valence-electron chi connectivity index (χ3n) is 2.69. The predicted octanol–water partition coefficient (Wildman–Crippen LogP) is 2.87. The molecule has 0 aliphatic rings. The molecule has 122 valence electrons. The Hall–Kier alpha value is -2.61. The molecule has 0 aromatic carbocycles. The van der Waals surface area contributed by atoms with Crippen LogP contribution < -0.4 is 5.32 Å². The number of furan rings is 1. The van der Waals surface area contributed by atoms with Crippen molar-refractivity contribution in [1.29, 1.82) is 0 Å². The number of anilines is 1. The highest BCUT2D eigenvalue weighted by Gasteiger charge is 2.18. The molecule has 2 heterocycles. The number of aromatic nitrogens is 1. The van der Waals surface area contributed by atoms with Gasteiger partial charge in [0.05, 0.1) is 12.9 Å². The molecule has 0 radical (unpaired) electrons. The average Bonchev–Trinajstić information content (AvgIpc) is 3.20. The fourth-order valence-corrected chi connectivity index (χ4v) is 2.35. The van der Waals surface area contributed by atoms with Gasteiger partial charge in [0, 0.05) is 11.9 Å². The topological polar surface area (TPSA) is 90.7 Å². The molecule has 2 aromatic heterocycles. The van der Waals surface area contributed by atoms with Crippen molar-refractivity contribution in [3.05, 3.63) is 47.4 Å². The molecular formula is C15H16N2O5S. The maximum atomic E-state index is 12.0. The van der Waals surface area contributed by atoms with E-state index in [9.17, 15) is 9.59 Å². The zero-order chi connectivity index (χ0) is 16.7. The summed E-state index contributed by atoms with van der Waals surface area (Å²) in [5.41, 5.74) is 0.428. The van der Waals surface area contributed by atoms with Crippen LogP contribution in [-0.4, -0.2) is 30.1 Å². The van der Waals surface area contributed by atoms with Gasteiger partial charge >= 0.3 is 11.9 Å². The molecule has 0 bridgehead atoms. The van der Waals surface area contributed by atoms with E-state index in [-0.39, 0.29) is 30.2 Å². The SMILES string of the molecule is C=CCNc1nc(C(=O)OCc2occc2C(=O)OCC)cs1. The Morgan fingerprint density at radius 2 is 2.26 bits per heavy atom. The van der Waals surface area contributed by atoms with Crippen LogP contribution in [0, 0.1) is 0 Å². The number of nitrogens with one attached hydrogen (secondary N) is 1. The Kier molecular flexibility index (Phi) is 5.93. The highest BCUT2D eigenvalue weighted by atomic mass is 32.1. The molecule has 1 N–H and O–H groups in total. The number of esters is 2. The minimum Gasteiger partial charge on any atom is -0.465 e. The molecule has 0 spiro atoms. The summed E-state index contributed by atoms with van der Waals surface area (Å²) in [5.74, 6) is -0.881. The summed E-state index contributed by atoms with van der Waals surface area (Å²) in [6, 6.07) is 1.47. The lowest BCUT2D eigenvalue weighted by atomic mass is 10.2. The normalized spacial score (nSPS) is 10.1. The Bertz CT molecular complexity index is 692. The number of hydrogen-bond donors (Lipinski definition) is 1. The third-order valence-corrected chi connectivity index (χ3v) is 3.49. The molecule has 2 aromatic rings. The summed E-state index contributed by atoms with van der Waals surface area (Å²) >= 11 is 1.29. The first-order valence-electron chi connectivity index (χ1n) is 6.86. The summed E-state index contributed by atoms with van der Waals surface area (Å²) in [6.45, 7) is 5.92. The molecule has 0 saturated carbocycles. The Morgan fingerprint density at radius 3 is 3.00 bits per heavy atom. The van der Waals surface area contributed by atoms with Gasteiger partial charge < -0.3 is 19.2 Å². The maximum Gasteiger partial charge on any atom is 0.358 e. The van der Waals surface area contributed by atoms with Crippen LogP contribution in [0.1, 0.15) is 33.5 Å². The number of ether oxygens (including phenoxy) is 2. The summed E-state index contributed by atoms with van der Waals surface area (Å²) in [7, 11) is 0. The molecule has 0 aliphatic heterocycles. The first kappa shape index (κ1) is 16.8. The zero-order valence-corrected chi connectivity index (χ0v) is 13.4. The largest absolute Gasteiger partial charge is 0.465 e. The molecule has 0 atom stereocenters. The summed E-state index contributed by atoms with van der Waals surface area (Å²) < 4.78 is 15.2. The second kappa shape index (κ2) is 8.14. The highest BCUT2D eigenvalue weighted by molar-refractivity contribution is 7.13. The molecule has 0 unspecified atom stereocenters.